The van der Waals surface area contributed by atoms with Gasteiger partial charge in [0.2, 0.25) is 10.0 Å². The molecule has 0 spiro atoms. The van der Waals surface area contributed by atoms with E-state index in [4.69, 9.17) is 10.2 Å². The molecule has 1 unspecified atom stereocenters. The SMILES string of the molecule is NCC(NS(=O)(=O)c1ccc2oc(=O)ccc2c1)C1CCCC1. The Morgan fingerprint density at radius 2 is 1.96 bits per heavy atom. The van der Waals surface area contributed by atoms with E-state index in [1.54, 1.807) is 6.07 Å². The van der Waals surface area contributed by atoms with Crippen molar-refractivity contribution in [3.05, 3.63) is 40.8 Å². The van der Waals surface area contributed by atoms with Crippen LogP contribution in [0.3, 0.4) is 0 Å². The average molecular weight is 336 g/mol. The number of nitrogens with one attached hydrogen (secondary N) is 1. The van der Waals surface area contributed by atoms with Crippen LogP contribution in [-0.2, 0) is 10.0 Å². The lowest BCUT2D eigenvalue weighted by Crippen LogP contribution is -2.44. The molecule has 7 heteroatoms. The Kier molecular flexibility index (Phi) is 4.52. The zero-order valence-electron chi connectivity index (χ0n) is 12.7. The van der Waals surface area contributed by atoms with Crippen molar-refractivity contribution in [3.8, 4) is 0 Å². The van der Waals surface area contributed by atoms with Crippen molar-refractivity contribution in [3.63, 3.8) is 0 Å². The maximum atomic E-state index is 12.6. The highest BCUT2D eigenvalue weighted by Gasteiger charge is 2.28. The minimum atomic E-state index is -3.66. The van der Waals surface area contributed by atoms with E-state index >= 15 is 0 Å². The molecule has 3 N–H and O–H groups in total. The molecule has 1 aromatic heterocycles. The molecule has 1 aliphatic carbocycles. The van der Waals surface area contributed by atoms with Gasteiger partial charge in [-0.25, -0.2) is 17.9 Å². The summed E-state index contributed by atoms with van der Waals surface area (Å²) < 4.78 is 33.0. The Labute approximate surface area is 134 Å². The van der Waals surface area contributed by atoms with Gasteiger partial charge in [0.15, 0.2) is 0 Å². The Morgan fingerprint density at radius 1 is 1.22 bits per heavy atom. The number of hydrogen-bond donors (Lipinski definition) is 2. The van der Waals surface area contributed by atoms with Crippen LogP contribution in [0.5, 0.6) is 0 Å². The summed E-state index contributed by atoms with van der Waals surface area (Å²) in [6.07, 6.45) is 4.26. The van der Waals surface area contributed by atoms with Crippen LogP contribution in [0.1, 0.15) is 25.7 Å². The molecular weight excluding hydrogens is 316 g/mol. The van der Waals surface area contributed by atoms with Crippen LogP contribution >= 0.6 is 0 Å². The van der Waals surface area contributed by atoms with E-state index in [0.29, 0.717) is 16.9 Å². The Hall–Kier alpha value is -1.70. The third-order valence-electron chi connectivity index (χ3n) is 4.43. The Balaban J connectivity index is 1.89. The molecular formula is C16H20N2O4S. The molecule has 1 aliphatic rings. The molecule has 6 nitrogen and oxygen atoms in total. The van der Waals surface area contributed by atoms with Gasteiger partial charge in [0, 0.05) is 24.0 Å². The zero-order chi connectivity index (χ0) is 16.4. The molecule has 2 aromatic rings. The summed E-state index contributed by atoms with van der Waals surface area (Å²) in [6, 6.07) is 7.02. The monoisotopic (exact) mass is 336 g/mol. The van der Waals surface area contributed by atoms with E-state index < -0.39 is 15.6 Å². The average Bonchev–Trinajstić information content (AvgIpc) is 3.06. The predicted octanol–water partition coefficient (Wildman–Crippen LogP) is 1.59. The highest BCUT2D eigenvalue weighted by atomic mass is 32.2. The standard InChI is InChI=1S/C16H20N2O4S/c17-10-14(11-3-1-2-4-11)18-23(20,21)13-6-7-15-12(9-13)5-8-16(19)22-15/h5-9,11,14,18H,1-4,10,17H2. The third kappa shape index (κ3) is 3.46. The molecule has 1 saturated carbocycles. The molecule has 1 aromatic carbocycles. The second kappa shape index (κ2) is 6.43. The van der Waals surface area contributed by atoms with Gasteiger partial charge in [-0.3, -0.25) is 0 Å². The highest BCUT2D eigenvalue weighted by Crippen LogP contribution is 2.28. The van der Waals surface area contributed by atoms with Crippen LogP contribution < -0.4 is 16.1 Å². The Morgan fingerprint density at radius 3 is 2.65 bits per heavy atom. The molecule has 1 atom stereocenters. The number of sulfonamides is 1. The third-order valence-corrected chi connectivity index (χ3v) is 5.92. The molecule has 0 saturated heterocycles. The fourth-order valence-corrected chi connectivity index (χ4v) is 4.53. The second-order valence-corrected chi connectivity index (χ2v) is 7.68. The van der Waals surface area contributed by atoms with E-state index in [1.165, 1.54) is 24.3 Å². The summed E-state index contributed by atoms with van der Waals surface area (Å²) in [7, 11) is -3.66. The minimum absolute atomic E-state index is 0.148. The second-order valence-electron chi connectivity index (χ2n) is 5.96. The van der Waals surface area contributed by atoms with E-state index in [-0.39, 0.29) is 17.5 Å². The molecule has 1 fully saturated rings. The summed E-state index contributed by atoms with van der Waals surface area (Å²) in [5, 5.41) is 0.567. The summed E-state index contributed by atoms with van der Waals surface area (Å²) in [4.78, 5) is 11.3. The number of fused-ring (bicyclic) bond motifs is 1. The quantitative estimate of drug-likeness (QED) is 0.807. The number of hydrogen-bond acceptors (Lipinski definition) is 5. The van der Waals surface area contributed by atoms with Gasteiger partial charge in [0.05, 0.1) is 4.90 Å². The summed E-state index contributed by atoms with van der Waals surface area (Å²) in [5.41, 5.74) is 5.67. The fraction of sp³-hybridized carbons (Fsp3) is 0.438. The van der Waals surface area contributed by atoms with Gasteiger partial charge in [0.25, 0.3) is 0 Å². The van der Waals surface area contributed by atoms with Gasteiger partial charge >= 0.3 is 5.63 Å². The van der Waals surface area contributed by atoms with E-state index in [9.17, 15) is 13.2 Å². The van der Waals surface area contributed by atoms with Crippen LogP contribution in [0.25, 0.3) is 11.0 Å². The molecule has 3 rings (SSSR count). The molecule has 0 radical (unpaired) electrons. The van der Waals surface area contributed by atoms with Crippen molar-refractivity contribution in [1.29, 1.82) is 0 Å². The Bertz CT molecular complexity index is 854. The smallest absolute Gasteiger partial charge is 0.336 e. The molecule has 0 aliphatic heterocycles. The normalized spacial score (nSPS) is 17.6. The van der Waals surface area contributed by atoms with Gasteiger partial charge < -0.3 is 10.2 Å². The van der Waals surface area contributed by atoms with Crippen molar-refractivity contribution in [1.82, 2.24) is 4.72 Å². The van der Waals surface area contributed by atoms with Crippen LogP contribution in [0.15, 0.2) is 44.4 Å². The van der Waals surface area contributed by atoms with Crippen molar-refractivity contribution >= 4 is 21.0 Å². The first-order chi connectivity index (χ1) is 11.0. The van der Waals surface area contributed by atoms with E-state index in [1.807, 2.05) is 0 Å². The lowest BCUT2D eigenvalue weighted by atomic mass is 9.99. The molecule has 0 amide bonds. The summed E-state index contributed by atoms with van der Waals surface area (Å²) in [5.74, 6) is 0.299. The van der Waals surface area contributed by atoms with Gasteiger partial charge in [-0.1, -0.05) is 12.8 Å². The number of benzene rings is 1. The predicted molar refractivity (Wildman–Crippen MR) is 87.6 cm³/mol. The van der Waals surface area contributed by atoms with Crippen molar-refractivity contribution in [2.45, 2.75) is 36.6 Å². The van der Waals surface area contributed by atoms with Crippen LogP contribution in [0, 0.1) is 5.92 Å². The minimum Gasteiger partial charge on any atom is -0.423 e. The lowest BCUT2D eigenvalue weighted by Gasteiger charge is -2.23. The molecule has 0 bridgehead atoms. The van der Waals surface area contributed by atoms with Crippen LogP contribution in [0.4, 0.5) is 0 Å². The molecule has 124 valence electrons. The maximum absolute atomic E-state index is 12.6. The fourth-order valence-electron chi connectivity index (χ4n) is 3.18. The first kappa shape index (κ1) is 16.2. The molecule has 1 heterocycles. The van der Waals surface area contributed by atoms with Gasteiger partial charge in [-0.05, 0) is 43.0 Å². The number of rotatable bonds is 5. The summed E-state index contributed by atoms with van der Waals surface area (Å²) in [6.45, 7) is 0.284. The van der Waals surface area contributed by atoms with Gasteiger partial charge in [-0.15, -0.1) is 0 Å². The van der Waals surface area contributed by atoms with Gasteiger partial charge in [0.1, 0.15) is 5.58 Å². The van der Waals surface area contributed by atoms with Gasteiger partial charge in [-0.2, -0.15) is 0 Å². The molecule has 23 heavy (non-hydrogen) atoms. The maximum Gasteiger partial charge on any atom is 0.336 e. The topological polar surface area (TPSA) is 102 Å². The highest BCUT2D eigenvalue weighted by molar-refractivity contribution is 7.89. The van der Waals surface area contributed by atoms with E-state index in [0.717, 1.165) is 25.7 Å². The van der Waals surface area contributed by atoms with Crippen LogP contribution in [0.2, 0.25) is 0 Å². The van der Waals surface area contributed by atoms with Crippen molar-refractivity contribution < 1.29 is 12.8 Å². The number of nitrogens with two attached hydrogens (primary N) is 1. The lowest BCUT2D eigenvalue weighted by molar-refractivity contribution is 0.405. The van der Waals surface area contributed by atoms with Crippen molar-refractivity contribution in [2.75, 3.05) is 6.54 Å². The van der Waals surface area contributed by atoms with Crippen LogP contribution in [-0.4, -0.2) is 21.0 Å². The summed E-state index contributed by atoms with van der Waals surface area (Å²) >= 11 is 0. The zero-order valence-corrected chi connectivity index (χ0v) is 13.5. The van der Waals surface area contributed by atoms with E-state index in [2.05, 4.69) is 4.72 Å². The first-order valence-electron chi connectivity index (χ1n) is 7.76. The van der Waals surface area contributed by atoms with Crippen molar-refractivity contribution in [2.24, 2.45) is 11.7 Å². The first-order valence-corrected chi connectivity index (χ1v) is 9.24. The largest absolute Gasteiger partial charge is 0.423 e.